The molecule has 4 aromatic rings. The molecule has 30 heavy (non-hydrogen) atoms. The quantitative estimate of drug-likeness (QED) is 0.444. The van der Waals surface area contributed by atoms with Gasteiger partial charge in [0.1, 0.15) is 30.3 Å². The first-order valence-corrected chi connectivity index (χ1v) is 10.3. The predicted molar refractivity (Wildman–Crippen MR) is 111 cm³/mol. The van der Waals surface area contributed by atoms with Crippen LogP contribution in [0.1, 0.15) is 23.4 Å². The van der Waals surface area contributed by atoms with Gasteiger partial charge in [0, 0.05) is 16.0 Å². The highest BCUT2D eigenvalue weighted by Gasteiger charge is 2.26. The van der Waals surface area contributed by atoms with Gasteiger partial charge < -0.3 is 14.5 Å². The van der Waals surface area contributed by atoms with Gasteiger partial charge in [-0.1, -0.05) is 19.1 Å². The van der Waals surface area contributed by atoms with Crippen molar-refractivity contribution < 1.29 is 17.9 Å². The molecule has 1 atom stereocenters. The summed E-state index contributed by atoms with van der Waals surface area (Å²) < 4.78 is 39.5. The van der Waals surface area contributed by atoms with Gasteiger partial charge in [-0.05, 0) is 30.7 Å². The number of hydrogen-bond donors (Lipinski definition) is 1. The van der Waals surface area contributed by atoms with Crippen LogP contribution in [0.25, 0.3) is 22.2 Å². The molecule has 0 spiro atoms. The highest BCUT2D eigenvalue weighted by Crippen LogP contribution is 2.40. The Labute approximate surface area is 175 Å². The average Bonchev–Trinajstić information content (AvgIpc) is 3.43. The minimum atomic E-state index is -0.605. The van der Waals surface area contributed by atoms with E-state index in [4.69, 9.17) is 14.1 Å². The number of ether oxygens (including phenoxy) is 1. The Morgan fingerprint density at radius 3 is 2.77 bits per heavy atom. The fraction of sp³-hybridized carbons (Fsp3) is 0.182. The van der Waals surface area contributed by atoms with Crippen LogP contribution in [0.15, 0.2) is 53.3 Å². The van der Waals surface area contributed by atoms with Crippen molar-refractivity contribution in [2.24, 2.45) is 0 Å². The molecule has 5 nitrogen and oxygen atoms in total. The summed E-state index contributed by atoms with van der Waals surface area (Å²) in [5.74, 6) is -0.0737. The minimum absolute atomic E-state index is 0.0180. The number of nitrogens with one attached hydrogen (secondary N) is 1. The number of thiazole rings is 1. The molecule has 0 fully saturated rings. The van der Waals surface area contributed by atoms with E-state index in [1.165, 1.54) is 24.5 Å². The van der Waals surface area contributed by atoms with E-state index in [9.17, 15) is 8.78 Å². The van der Waals surface area contributed by atoms with Gasteiger partial charge in [-0.2, -0.15) is 0 Å². The fourth-order valence-electron chi connectivity index (χ4n) is 3.55. The molecule has 8 heteroatoms. The maximum Gasteiger partial charge on any atom is 0.255 e. The largest absolute Gasteiger partial charge is 0.489 e. The number of rotatable bonds is 4. The smallest absolute Gasteiger partial charge is 0.255 e. The van der Waals surface area contributed by atoms with E-state index in [1.54, 1.807) is 17.5 Å². The number of anilines is 1. The number of benzene rings is 2. The van der Waals surface area contributed by atoms with Gasteiger partial charge in [0.05, 0.1) is 23.6 Å². The summed E-state index contributed by atoms with van der Waals surface area (Å²) >= 11 is 1.54. The zero-order valence-electron chi connectivity index (χ0n) is 16.0. The second-order valence-corrected chi connectivity index (χ2v) is 7.92. The van der Waals surface area contributed by atoms with Gasteiger partial charge >= 0.3 is 0 Å². The van der Waals surface area contributed by atoms with E-state index in [-0.39, 0.29) is 12.2 Å². The summed E-state index contributed by atoms with van der Waals surface area (Å²) in [7, 11) is 0. The fourth-order valence-corrected chi connectivity index (χ4v) is 4.51. The van der Waals surface area contributed by atoms with Crippen molar-refractivity contribution in [3.63, 3.8) is 0 Å². The van der Waals surface area contributed by atoms with Crippen molar-refractivity contribution in [3.05, 3.63) is 70.9 Å². The van der Waals surface area contributed by atoms with Crippen LogP contribution in [0.3, 0.4) is 0 Å². The maximum absolute atomic E-state index is 14.1. The Balaban J connectivity index is 1.47. The first kappa shape index (κ1) is 18.7. The Kier molecular flexibility index (Phi) is 4.71. The summed E-state index contributed by atoms with van der Waals surface area (Å²) in [5, 5.41) is 3.90. The second kappa shape index (κ2) is 7.53. The molecule has 1 aliphatic heterocycles. The molecule has 1 unspecified atom stereocenters. The van der Waals surface area contributed by atoms with Crippen molar-refractivity contribution in [1.82, 2.24) is 9.97 Å². The third-order valence-electron chi connectivity index (χ3n) is 4.97. The summed E-state index contributed by atoms with van der Waals surface area (Å²) in [6.07, 6.45) is 3.93. The molecule has 152 valence electrons. The summed E-state index contributed by atoms with van der Waals surface area (Å²) in [5.41, 5.74) is 2.41. The van der Waals surface area contributed by atoms with E-state index in [1.807, 2.05) is 18.2 Å². The molecule has 3 heterocycles. The van der Waals surface area contributed by atoms with Crippen LogP contribution in [-0.4, -0.2) is 16.6 Å². The van der Waals surface area contributed by atoms with E-state index >= 15 is 0 Å². The van der Waals surface area contributed by atoms with Gasteiger partial charge in [0.15, 0.2) is 5.01 Å². The third kappa shape index (κ3) is 3.23. The molecule has 2 aromatic carbocycles. The zero-order valence-corrected chi connectivity index (χ0v) is 16.8. The monoisotopic (exact) mass is 425 g/mol. The van der Waals surface area contributed by atoms with Crippen LogP contribution >= 0.6 is 11.3 Å². The van der Waals surface area contributed by atoms with Gasteiger partial charge in [-0.15, -0.1) is 11.3 Å². The van der Waals surface area contributed by atoms with Crippen molar-refractivity contribution >= 4 is 17.0 Å². The molecule has 0 aliphatic carbocycles. The molecule has 1 N–H and O–H groups in total. The Bertz CT molecular complexity index is 1190. The Hall–Kier alpha value is -3.26. The molecule has 0 amide bonds. The van der Waals surface area contributed by atoms with E-state index < -0.39 is 17.7 Å². The number of nitrogens with zero attached hydrogens (tertiary/aromatic N) is 2. The number of fused-ring (bicyclic) bond motifs is 1. The average molecular weight is 425 g/mol. The highest BCUT2D eigenvalue weighted by molar-refractivity contribution is 7.15. The van der Waals surface area contributed by atoms with E-state index in [2.05, 4.69) is 17.2 Å². The zero-order chi connectivity index (χ0) is 20.7. The highest BCUT2D eigenvalue weighted by atomic mass is 32.1. The molecular weight excluding hydrogens is 408 g/mol. The number of aryl methyl sites for hydroxylation is 1. The minimum Gasteiger partial charge on any atom is -0.489 e. The van der Waals surface area contributed by atoms with Crippen molar-refractivity contribution in [2.75, 3.05) is 11.9 Å². The van der Waals surface area contributed by atoms with E-state index in [0.717, 1.165) is 27.6 Å². The Morgan fingerprint density at radius 2 is 2.03 bits per heavy atom. The standard InChI is InChI=1S/C22H17F2N3O2S/c1-2-18-20(27-22(30-18)21-25-8-9-28-21)12-6-7-15-17(10-12)29-11-16(26-15)19-13(23)4-3-5-14(19)24/h3-10,16,26H,2,11H2,1H3. The number of oxazole rings is 1. The van der Waals surface area contributed by atoms with Crippen LogP contribution in [0.4, 0.5) is 14.5 Å². The molecule has 2 aromatic heterocycles. The maximum atomic E-state index is 14.1. The first-order valence-electron chi connectivity index (χ1n) is 9.51. The predicted octanol–water partition coefficient (Wildman–Crippen LogP) is 5.85. The Morgan fingerprint density at radius 1 is 1.20 bits per heavy atom. The molecule has 0 bridgehead atoms. The van der Waals surface area contributed by atoms with Crippen molar-refractivity contribution in [2.45, 2.75) is 19.4 Å². The van der Waals surface area contributed by atoms with Crippen LogP contribution in [0.2, 0.25) is 0 Å². The second-order valence-electron chi connectivity index (χ2n) is 6.84. The molecule has 1 aliphatic rings. The van der Waals surface area contributed by atoms with Crippen LogP contribution in [-0.2, 0) is 6.42 Å². The van der Waals surface area contributed by atoms with Gasteiger partial charge in [0.25, 0.3) is 5.89 Å². The van der Waals surface area contributed by atoms with Crippen LogP contribution in [0.5, 0.6) is 5.75 Å². The first-order chi connectivity index (χ1) is 14.6. The lowest BCUT2D eigenvalue weighted by molar-refractivity contribution is 0.280. The van der Waals surface area contributed by atoms with Crippen LogP contribution < -0.4 is 10.1 Å². The molecule has 0 radical (unpaired) electrons. The van der Waals surface area contributed by atoms with Gasteiger partial charge in [-0.3, -0.25) is 0 Å². The summed E-state index contributed by atoms with van der Waals surface area (Å²) in [6, 6.07) is 8.90. The number of aromatic nitrogens is 2. The van der Waals surface area contributed by atoms with Crippen molar-refractivity contribution in [1.29, 1.82) is 0 Å². The summed E-state index contributed by atoms with van der Waals surface area (Å²) in [4.78, 5) is 10.0. The molecule has 0 saturated carbocycles. The number of halogens is 2. The van der Waals surface area contributed by atoms with Gasteiger partial charge in [0.2, 0.25) is 0 Å². The van der Waals surface area contributed by atoms with Crippen molar-refractivity contribution in [3.8, 4) is 27.9 Å². The molecular formula is C22H17F2N3O2S. The van der Waals surface area contributed by atoms with Gasteiger partial charge in [-0.25, -0.2) is 18.7 Å². The lowest BCUT2D eigenvalue weighted by Gasteiger charge is -2.28. The topological polar surface area (TPSA) is 60.2 Å². The SMILES string of the molecule is CCc1sc(-c2ncco2)nc1-c1ccc2c(c1)OCC(c1c(F)cccc1F)N2. The summed E-state index contributed by atoms with van der Waals surface area (Å²) in [6.45, 7) is 2.19. The lowest BCUT2D eigenvalue weighted by atomic mass is 10.0. The lowest BCUT2D eigenvalue weighted by Crippen LogP contribution is -2.25. The third-order valence-corrected chi connectivity index (χ3v) is 6.16. The normalized spacial score (nSPS) is 15.4. The molecule has 0 saturated heterocycles. The van der Waals surface area contributed by atoms with E-state index in [0.29, 0.717) is 17.3 Å². The van der Waals surface area contributed by atoms with Crippen LogP contribution in [0, 0.1) is 11.6 Å². The number of hydrogen-bond acceptors (Lipinski definition) is 6. The molecule has 5 rings (SSSR count).